The van der Waals surface area contributed by atoms with Crippen molar-refractivity contribution in [3.63, 3.8) is 0 Å². The number of rotatable bonds is 5. The highest BCUT2D eigenvalue weighted by molar-refractivity contribution is 7.82. The fourth-order valence-corrected chi connectivity index (χ4v) is 7.21. The van der Waals surface area contributed by atoms with Crippen molar-refractivity contribution in [1.29, 1.82) is 0 Å². The van der Waals surface area contributed by atoms with Gasteiger partial charge in [-0.2, -0.15) is 0 Å². The SMILES string of the molecule is Cc1ccc(N=P(Nc2c(C)cc(C)cc2C)(c2ccccc2)c2ccccc2)cc1. The van der Waals surface area contributed by atoms with Gasteiger partial charge in [-0.1, -0.05) is 96.1 Å². The summed E-state index contributed by atoms with van der Waals surface area (Å²) in [6.45, 7) is 8.62. The van der Waals surface area contributed by atoms with E-state index in [4.69, 9.17) is 4.74 Å². The first-order valence-corrected chi connectivity index (χ1v) is 12.4. The van der Waals surface area contributed by atoms with Gasteiger partial charge in [0.05, 0.1) is 5.69 Å². The normalized spacial score (nSPS) is 11.2. The van der Waals surface area contributed by atoms with Gasteiger partial charge in [0.25, 0.3) is 0 Å². The second kappa shape index (κ2) is 8.96. The third kappa shape index (κ3) is 4.50. The van der Waals surface area contributed by atoms with E-state index in [2.05, 4.69) is 130 Å². The molecule has 4 aromatic carbocycles. The van der Waals surface area contributed by atoms with Gasteiger partial charge in [-0.25, -0.2) is 4.74 Å². The molecular weight excluding hydrogens is 395 g/mol. The van der Waals surface area contributed by atoms with E-state index in [1.54, 1.807) is 0 Å². The average Bonchev–Trinajstić information content (AvgIpc) is 2.78. The summed E-state index contributed by atoms with van der Waals surface area (Å²) in [7, 11) is -2.35. The van der Waals surface area contributed by atoms with E-state index >= 15 is 0 Å². The maximum absolute atomic E-state index is 5.47. The quantitative estimate of drug-likeness (QED) is 0.331. The number of nitrogens with zero attached hydrogens (tertiary/aromatic N) is 1. The minimum atomic E-state index is -2.35. The Balaban J connectivity index is 2.05. The lowest BCUT2D eigenvalue weighted by Crippen LogP contribution is -2.22. The Morgan fingerprint density at radius 1 is 0.581 bits per heavy atom. The molecule has 0 atom stereocenters. The van der Waals surface area contributed by atoms with E-state index in [0.717, 1.165) is 5.69 Å². The van der Waals surface area contributed by atoms with Crippen molar-refractivity contribution in [1.82, 2.24) is 0 Å². The van der Waals surface area contributed by atoms with E-state index in [9.17, 15) is 0 Å². The molecule has 0 aliphatic carbocycles. The van der Waals surface area contributed by atoms with Gasteiger partial charge in [-0.05, 0) is 51.0 Å². The van der Waals surface area contributed by atoms with E-state index in [1.807, 2.05) is 0 Å². The lowest BCUT2D eigenvalue weighted by atomic mass is 10.1. The molecule has 0 radical (unpaired) electrons. The molecule has 0 amide bonds. The predicted molar refractivity (Wildman–Crippen MR) is 137 cm³/mol. The van der Waals surface area contributed by atoms with Crippen LogP contribution in [0.2, 0.25) is 0 Å². The highest BCUT2D eigenvalue weighted by Crippen LogP contribution is 2.51. The molecule has 31 heavy (non-hydrogen) atoms. The third-order valence-electron chi connectivity index (χ3n) is 5.51. The van der Waals surface area contributed by atoms with Crippen LogP contribution in [0.15, 0.2) is 102 Å². The molecule has 0 aliphatic rings. The molecule has 0 aliphatic heterocycles. The molecule has 156 valence electrons. The lowest BCUT2D eigenvalue weighted by Gasteiger charge is -2.30. The Labute approximate surface area is 186 Å². The predicted octanol–water partition coefficient (Wildman–Crippen LogP) is 7.43. The third-order valence-corrected chi connectivity index (χ3v) is 8.68. The fourth-order valence-electron chi connectivity index (χ4n) is 4.01. The van der Waals surface area contributed by atoms with Gasteiger partial charge in [0.1, 0.15) is 7.21 Å². The molecule has 2 nitrogen and oxygen atoms in total. The van der Waals surface area contributed by atoms with Crippen LogP contribution in [0.4, 0.5) is 11.4 Å². The Morgan fingerprint density at radius 3 is 1.55 bits per heavy atom. The summed E-state index contributed by atoms with van der Waals surface area (Å²) in [4.78, 5) is 0. The minimum Gasteiger partial charge on any atom is -0.345 e. The van der Waals surface area contributed by atoms with Gasteiger partial charge in [0.15, 0.2) is 0 Å². The summed E-state index contributed by atoms with van der Waals surface area (Å²) in [6.07, 6.45) is 0. The largest absolute Gasteiger partial charge is 0.345 e. The molecule has 0 unspecified atom stereocenters. The van der Waals surface area contributed by atoms with Crippen molar-refractivity contribution < 1.29 is 0 Å². The van der Waals surface area contributed by atoms with Gasteiger partial charge in [0.2, 0.25) is 0 Å². The Bertz CT molecular complexity index is 1160. The number of nitrogens with one attached hydrogen (secondary N) is 1. The molecule has 0 bridgehead atoms. The van der Waals surface area contributed by atoms with Crippen molar-refractivity contribution in [3.05, 3.63) is 119 Å². The topological polar surface area (TPSA) is 24.4 Å². The Kier molecular flexibility index (Phi) is 6.11. The van der Waals surface area contributed by atoms with Crippen LogP contribution >= 0.6 is 7.21 Å². The van der Waals surface area contributed by atoms with Crippen molar-refractivity contribution in [3.8, 4) is 0 Å². The summed E-state index contributed by atoms with van der Waals surface area (Å²) in [5.41, 5.74) is 7.16. The average molecular weight is 425 g/mol. The number of anilines is 1. The van der Waals surface area contributed by atoms with Crippen LogP contribution in [0, 0.1) is 27.7 Å². The number of aryl methyl sites for hydroxylation is 4. The van der Waals surface area contributed by atoms with E-state index in [0.29, 0.717) is 0 Å². The van der Waals surface area contributed by atoms with Crippen molar-refractivity contribution in [2.75, 3.05) is 5.09 Å². The molecule has 4 aromatic rings. The summed E-state index contributed by atoms with van der Waals surface area (Å²) in [5.74, 6) is 0. The van der Waals surface area contributed by atoms with Crippen LogP contribution < -0.4 is 15.7 Å². The standard InChI is InChI=1S/C28H29N2P/c1-21-15-17-25(18-16-21)29-31(26-11-7-5-8-12-26,27-13-9-6-10-14-27)30-28-23(3)19-22(2)20-24(28)4/h5-20,30H,1-4H3. The van der Waals surface area contributed by atoms with Gasteiger partial charge in [-0.15, -0.1) is 0 Å². The first kappa shape index (κ1) is 21.2. The van der Waals surface area contributed by atoms with Crippen LogP contribution in [-0.4, -0.2) is 0 Å². The summed E-state index contributed by atoms with van der Waals surface area (Å²) >= 11 is 0. The molecule has 0 heterocycles. The Hall–Kier alpha value is -3.09. The van der Waals surface area contributed by atoms with Crippen LogP contribution in [0.1, 0.15) is 22.3 Å². The van der Waals surface area contributed by atoms with Gasteiger partial charge in [0, 0.05) is 16.3 Å². The van der Waals surface area contributed by atoms with Gasteiger partial charge in [-0.3, -0.25) is 0 Å². The van der Waals surface area contributed by atoms with Crippen molar-refractivity contribution in [2.45, 2.75) is 27.7 Å². The van der Waals surface area contributed by atoms with Crippen molar-refractivity contribution >= 4 is 29.2 Å². The molecule has 4 rings (SSSR count). The maximum atomic E-state index is 5.47. The van der Waals surface area contributed by atoms with E-state index in [1.165, 1.54) is 38.6 Å². The summed E-state index contributed by atoms with van der Waals surface area (Å²) in [6, 6.07) is 34.3. The lowest BCUT2D eigenvalue weighted by molar-refractivity contribution is 1.32. The number of hydrogen-bond acceptors (Lipinski definition) is 1. The zero-order valence-electron chi connectivity index (χ0n) is 18.6. The van der Waals surface area contributed by atoms with Crippen LogP contribution in [0.5, 0.6) is 0 Å². The van der Waals surface area contributed by atoms with Crippen LogP contribution in [-0.2, 0) is 0 Å². The maximum Gasteiger partial charge on any atom is 0.115 e. The fraction of sp³-hybridized carbons (Fsp3) is 0.143. The monoisotopic (exact) mass is 424 g/mol. The van der Waals surface area contributed by atoms with E-state index < -0.39 is 7.21 Å². The molecule has 3 heteroatoms. The molecule has 1 N–H and O–H groups in total. The van der Waals surface area contributed by atoms with Gasteiger partial charge < -0.3 is 5.09 Å². The molecule has 0 saturated heterocycles. The number of hydrogen-bond donors (Lipinski definition) is 1. The molecule has 0 fully saturated rings. The van der Waals surface area contributed by atoms with Crippen LogP contribution in [0.3, 0.4) is 0 Å². The van der Waals surface area contributed by atoms with Crippen LogP contribution in [0.25, 0.3) is 0 Å². The molecule has 0 spiro atoms. The summed E-state index contributed by atoms with van der Waals surface area (Å²) < 4.78 is 5.47. The van der Waals surface area contributed by atoms with Crippen molar-refractivity contribution in [2.24, 2.45) is 4.74 Å². The Morgan fingerprint density at radius 2 is 1.06 bits per heavy atom. The molecular formula is C28H29N2P. The zero-order chi connectivity index (χ0) is 21.8. The number of benzene rings is 4. The minimum absolute atomic E-state index is 0.988. The molecule has 0 saturated carbocycles. The van der Waals surface area contributed by atoms with Gasteiger partial charge >= 0.3 is 0 Å². The second-order valence-corrected chi connectivity index (χ2v) is 10.9. The highest BCUT2D eigenvalue weighted by atomic mass is 31.2. The molecule has 0 aromatic heterocycles. The first-order valence-electron chi connectivity index (χ1n) is 10.6. The smallest absolute Gasteiger partial charge is 0.115 e. The summed E-state index contributed by atoms with van der Waals surface area (Å²) in [5, 5.41) is 6.42. The highest BCUT2D eigenvalue weighted by Gasteiger charge is 2.26. The first-order chi connectivity index (χ1) is 15.0. The van der Waals surface area contributed by atoms with E-state index in [-0.39, 0.29) is 0 Å². The second-order valence-electron chi connectivity index (χ2n) is 8.13. The zero-order valence-corrected chi connectivity index (χ0v) is 19.5.